The van der Waals surface area contributed by atoms with Gasteiger partial charge in [0.1, 0.15) is 34.0 Å². The second-order valence-electron chi connectivity index (χ2n) is 7.24. The minimum Gasteiger partial charge on any atom is -0.496 e. The number of nitrogens with one attached hydrogen (secondary N) is 1. The van der Waals surface area contributed by atoms with Crippen LogP contribution in [0.15, 0.2) is 82.0 Å². The zero-order chi connectivity index (χ0) is 24.1. The average molecular weight is 459 g/mol. The summed E-state index contributed by atoms with van der Waals surface area (Å²) < 4.78 is 21.3. The van der Waals surface area contributed by atoms with Gasteiger partial charge in [-0.25, -0.2) is 9.59 Å². The monoisotopic (exact) mass is 459 g/mol. The third-order valence-electron chi connectivity index (χ3n) is 5.09. The molecule has 34 heavy (non-hydrogen) atoms. The van der Waals surface area contributed by atoms with Crippen molar-refractivity contribution in [1.29, 1.82) is 0 Å². The second kappa shape index (κ2) is 9.91. The Bertz CT molecular complexity index is 1390. The van der Waals surface area contributed by atoms with Crippen molar-refractivity contribution < 1.29 is 28.2 Å². The molecule has 0 bridgehead atoms. The van der Waals surface area contributed by atoms with Gasteiger partial charge < -0.3 is 23.9 Å². The Morgan fingerprint density at radius 2 is 1.59 bits per heavy atom. The van der Waals surface area contributed by atoms with Crippen LogP contribution in [-0.2, 0) is 6.54 Å². The van der Waals surface area contributed by atoms with Crippen LogP contribution in [0.25, 0.3) is 11.0 Å². The van der Waals surface area contributed by atoms with Crippen molar-refractivity contribution in [1.82, 2.24) is 5.32 Å². The molecule has 0 radical (unpaired) electrons. The van der Waals surface area contributed by atoms with Gasteiger partial charge in [0.2, 0.25) is 0 Å². The Kier molecular flexibility index (Phi) is 6.59. The van der Waals surface area contributed by atoms with E-state index in [0.717, 1.165) is 5.56 Å². The number of fused-ring (bicyclic) bond motifs is 1. The van der Waals surface area contributed by atoms with Crippen molar-refractivity contribution in [2.24, 2.45) is 0 Å². The van der Waals surface area contributed by atoms with E-state index in [4.69, 9.17) is 18.6 Å². The van der Waals surface area contributed by atoms with E-state index in [1.54, 1.807) is 24.3 Å². The van der Waals surface area contributed by atoms with E-state index in [9.17, 15) is 14.4 Å². The molecule has 0 atom stereocenters. The molecule has 4 aromatic rings. The molecule has 0 saturated carbocycles. The molecular formula is C26H21NO7. The molecule has 3 aromatic carbocycles. The SMILES string of the molecule is COc1cccc(OC)c1C(=O)Oc1ccc2cc(C(=O)NCc3ccccc3)c(=O)oc2c1. The van der Waals surface area contributed by atoms with Crippen LogP contribution in [0.5, 0.6) is 17.2 Å². The molecule has 172 valence electrons. The highest BCUT2D eigenvalue weighted by molar-refractivity contribution is 5.98. The van der Waals surface area contributed by atoms with Crippen LogP contribution in [-0.4, -0.2) is 26.1 Å². The number of carbonyl (C=O) groups is 2. The largest absolute Gasteiger partial charge is 0.496 e. The highest BCUT2D eigenvalue weighted by Crippen LogP contribution is 2.30. The quantitative estimate of drug-likeness (QED) is 0.253. The van der Waals surface area contributed by atoms with Crippen molar-refractivity contribution in [3.05, 3.63) is 99.9 Å². The Morgan fingerprint density at radius 3 is 2.26 bits per heavy atom. The van der Waals surface area contributed by atoms with Gasteiger partial charge in [-0.1, -0.05) is 36.4 Å². The predicted molar refractivity (Wildman–Crippen MR) is 125 cm³/mol. The van der Waals surface area contributed by atoms with Crippen LogP contribution in [0.4, 0.5) is 0 Å². The van der Waals surface area contributed by atoms with Crippen molar-refractivity contribution in [2.45, 2.75) is 6.54 Å². The summed E-state index contributed by atoms with van der Waals surface area (Å²) in [6.07, 6.45) is 0. The fraction of sp³-hybridized carbons (Fsp3) is 0.115. The summed E-state index contributed by atoms with van der Waals surface area (Å²) in [6, 6.07) is 20.2. The summed E-state index contributed by atoms with van der Waals surface area (Å²) in [4.78, 5) is 37.7. The molecule has 0 saturated heterocycles. The summed E-state index contributed by atoms with van der Waals surface area (Å²) in [7, 11) is 2.87. The van der Waals surface area contributed by atoms with Gasteiger partial charge >= 0.3 is 11.6 Å². The van der Waals surface area contributed by atoms with Gasteiger partial charge in [0.25, 0.3) is 5.91 Å². The predicted octanol–water partition coefficient (Wildman–Crippen LogP) is 3.96. The minimum absolute atomic E-state index is 0.119. The maximum absolute atomic E-state index is 12.8. The summed E-state index contributed by atoms with van der Waals surface area (Å²) in [5, 5.41) is 3.21. The Hall–Kier alpha value is -4.59. The number of carbonyl (C=O) groups excluding carboxylic acids is 2. The highest BCUT2D eigenvalue weighted by atomic mass is 16.5. The van der Waals surface area contributed by atoms with E-state index >= 15 is 0 Å². The lowest BCUT2D eigenvalue weighted by atomic mass is 10.1. The smallest absolute Gasteiger partial charge is 0.351 e. The van der Waals surface area contributed by atoms with E-state index < -0.39 is 17.5 Å². The number of ether oxygens (including phenoxy) is 3. The van der Waals surface area contributed by atoms with E-state index in [2.05, 4.69) is 5.32 Å². The van der Waals surface area contributed by atoms with Crippen molar-refractivity contribution in [3.63, 3.8) is 0 Å². The Balaban J connectivity index is 1.56. The average Bonchev–Trinajstić information content (AvgIpc) is 2.86. The first-order chi connectivity index (χ1) is 16.5. The third kappa shape index (κ3) is 4.75. The lowest BCUT2D eigenvalue weighted by Crippen LogP contribution is -2.27. The normalized spacial score (nSPS) is 10.5. The van der Waals surface area contributed by atoms with Crippen LogP contribution in [0.2, 0.25) is 0 Å². The molecule has 1 N–H and O–H groups in total. The molecule has 0 aliphatic carbocycles. The van der Waals surface area contributed by atoms with Crippen molar-refractivity contribution in [3.8, 4) is 17.2 Å². The van der Waals surface area contributed by atoms with E-state index in [1.807, 2.05) is 30.3 Å². The van der Waals surface area contributed by atoms with Crippen LogP contribution in [0.1, 0.15) is 26.3 Å². The van der Waals surface area contributed by atoms with Crippen LogP contribution in [0, 0.1) is 0 Å². The van der Waals surface area contributed by atoms with Crippen LogP contribution < -0.4 is 25.2 Å². The Labute approximate surface area is 194 Å². The standard InChI is InChI=1S/C26H21NO7/c1-31-20-9-6-10-21(32-2)23(20)26(30)33-18-12-11-17-13-19(25(29)34-22(17)14-18)24(28)27-15-16-7-4-3-5-8-16/h3-14H,15H2,1-2H3,(H,27,28). The number of esters is 1. The number of hydrogen-bond donors (Lipinski definition) is 1. The fourth-order valence-corrected chi connectivity index (χ4v) is 3.40. The highest BCUT2D eigenvalue weighted by Gasteiger charge is 2.21. The van der Waals surface area contributed by atoms with Gasteiger partial charge in [-0.3, -0.25) is 4.79 Å². The molecule has 4 rings (SSSR count). The van der Waals surface area contributed by atoms with Crippen LogP contribution in [0.3, 0.4) is 0 Å². The van der Waals surface area contributed by atoms with Gasteiger partial charge in [0, 0.05) is 18.0 Å². The molecule has 0 aliphatic rings. The molecule has 8 heteroatoms. The number of benzene rings is 3. The maximum atomic E-state index is 12.8. The first-order valence-corrected chi connectivity index (χ1v) is 10.3. The minimum atomic E-state index is -0.798. The van der Waals surface area contributed by atoms with Crippen molar-refractivity contribution >= 4 is 22.8 Å². The van der Waals surface area contributed by atoms with Gasteiger partial charge in [0.15, 0.2) is 0 Å². The summed E-state index contributed by atoms with van der Waals surface area (Å²) in [5.41, 5.74) is 0.278. The number of rotatable bonds is 7. The van der Waals surface area contributed by atoms with Gasteiger partial charge in [-0.05, 0) is 35.9 Å². The molecule has 8 nitrogen and oxygen atoms in total. The molecular weight excluding hydrogens is 438 g/mol. The van der Waals surface area contributed by atoms with Crippen LogP contribution >= 0.6 is 0 Å². The first kappa shape index (κ1) is 22.6. The summed E-state index contributed by atoms with van der Waals surface area (Å²) in [6.45, 7) is 0.276. The molecule has 0 fully saturated rings. The lowest BCUT2D eigenvalue weighted by Gasteiger charge is -2.12. The maximum Gasteiger partial charge on any atom is 0.351 e. The molecule has 1 heterocycles. The second-order valence-corrected chi connectivity index (χ2v) is 7.24. The molecule has 1 amide bonds. The van der Waals surface area contributed by atoms with E-state index in [1.165, 1.54) is 32.4 Å². The zero-order valence-corrected chi connectivity index (χ0v) is 18.5. The first-order valence-electron chi connectivity index (χ1n) is 10.3. The fourth-order valence-electron chi connectivity index (χ4n) is 3.40. The summed E-state index contributed by atoms with van der Waals surface area (Å²) >= 11 is 0. The van der Waals surface area contributed by atoms with Gasteiger partial charge in [-0.15, -0.1) is 0 Å². The van der Waals surface area contributed by atoms with E-state index in [-0.39, 0.29) is 29.0 Å². The van der Waals surface area contributed by atoms with Gasteiger partial charge in [-0.2, -0.15) is 0 Å². The van der Waals surface area contributed by atoms with Crippen molar-refractivity contribution in [2.75, 3.05) is 14.2 Å². The molecule has 0 aliphatic heterocycles. The third-order valence-corrected chi connectivity index (χ3v) is 5.09. The van der Waals surface area contributed by atoms with E-state index in [0.29, 0.717) is 16.9 Å². The number of methoxy groups -OCH3 is 2. The summed E-state index contributed by atoms with van der Waals surface area (Å²) in [5.74, 6) is -0.508. The number of amides is 1. The number of hydrogen-bond acceptors (Lipinski definition) is 7. The topological polar surface area (TPSA) is 104 Å². The molecule has 0 unspecified atom stereocenters. The Morgan fingerprint density at radius 1 is 0.882 bits per heavy atom. The zero-order valence-electron chi connectivity index (χ0n) is 18.5. The lowest BCUT2D eigenvalue weighted by molar-refractivity contribution is 0.0727. The molecule has 0 spiro atoms. The molecule has 1 aromatic heterocycles. The van der Waals surface area contributed by atoms with Gasteiger partial charge in [0.05, 0.1) is 14.2 Å².